The van der Waals surface area contributed by atoms with Crippen LogP contribution in [0.4, 0.5) is 0 Å². The summed E-state index contributed by atoms with van der Waals surface area (Å²) in [4.78, 5) is 16.0. The smallest absolute Gasteiger partial charge is 0.349 e. The maximum absolute atomic E-state index is 11.2. The molecule has 0 bridgehead atoms. The highest BCUT2D eigenvalue weighted by atomic mass is 35.5. The van der Waals surface area contributed by atoms with Gasteiger partial charge in [-0.2, -0.15) is 0 Å². The summed E-state index contributed by atoms with van der Waals surface area (Å²) in [6.07, 6.45) is 2.71. The molecule has 1 unspecified atom stereocenters. The van der Waals surface area contributed by atoms with Gasteiger partial charge in [-0.1, -0.05) is 0 Å². The van der Waals surface area contributed by atoms with Crippen LogP contribution in [0.5, 0.6) is 0 Å². The van der Waals surface area contributed by atoms with Crippen LogP contribution in [0.25, 0.3) is 0 Å². The second kappa shape index (κ2) is 5.44. The lowest BCUT2D eigenvalue weighted by molar-refractivity contribution is 0.0606. The predicted octanol–water partition coefficient (Wildman–Crippen LogP) is 1.43. The van der Waals surface area contributed by atoms with Crippen LogP contribution in [-0.4, -0.2) is 31.2 Å². The number of carbonyl (C=O) groups is 1. The van der Waals surface area contributed by atoms with E-state index in [2.05, 4.69) is 15.0 Å². The average molecular weight is 249 g/mol. The molecule has 15 heavy (non-hydrogen) atoms. The first-order valence-electron chi connectivity index (χ1n) is 4.56. The second-order valence-corrected chi connectivity index (χ2v) is 4.31. The number of hydrogen-bond donors (Lipinski definition) is 1. The van der Waals surface area contributed by atoms with E-state index in [0.717, 1.165) is 24.5 Å². The van der Waals surface area contributed by atoms with Crippen molar-refractivity contribution in [2.75, 3.05) is 20.2 Å². The zero-order valence-corrected chi connectivity index (χ0v) is 9.99. The molecule has 2 rings (SSSR count). The molecule has 0 aromatic carbocycles. The molecule has 0 spiro atoms. The van der Waals surface area contributed by atoms with Gasteiger partial charge in [-0.05, 0) is 13.0 Å². The van der Waals surface area contributed by atoms with E-state index in [0.29, 0.717) is 10.8 Å². The highest BCUT2D eigenvalue weighted by Crippen LogP contribution is 2.26. The van der Waals surface area contributed by atoms with E-state index in [9.17, 15) is 4.79 Å². The maximum atomic E-state index is 11.2. The van der Waals surface area contributed by atoms with Gasteiger partial charge in [-0.25, -0.2) is 9.78 Å². The van der Waals surface area contributed by atoms with Crippen molar-refractivity contribution in [1.29, 1.82) is 0 Å². The molecule has 1 aromatic rings. The molecule has 0 aliphatic carbocycles. The van der Waals surface area contributed by atoms with E-state index >= 15 is 0 Å². The standard InChI is InChI=1S/C9H12N2O2S.ClH/c1-13-9(12)7-5-11-8(14-7)6-2-3-10-4-6;/h5-6,10H,2-4H2,1H3;1H. The third-order valence-corrected chi connectivity index (χ3v) is 3.46. The van der Waals surface area contributed by atoms with Crippen LogP contribution in [0.15, 0.2) is 6.20 Å². The summed E-state index contributed by atoms with van der Waals surface area (Å²) < 4.78 is 4.63. The molecule has 1 aliphatic heterocycles. The lowest BCUT2D eigenvalue weighted by atomic mass is 10.1. The van der Waals surface area contributed by atoms with Crippen LogP contribution in [0.1, 0.15) is 27.0 Å². The summed E-state index contributed by atoms with van der Waals surface area (Å²) in [6.45, 7) is 2.01. The van der Waals surface area contributed by atoms with Gasteiger partial charge in [-0.15, -0.1) is 23.7 Å². The fourth-order valence-corrected chi connectivity index (χ4v) is 2.51. The first-order chi connectivity index (χ1) is 6.81. The van der Waals surface area contributed by atoms with Crippen molar-refractivity contribution in [3.8, 4) is 0 Å². The largest absolute Gasteiger partial charge is 0.465 e. The summed E-state index contributed by atoms with van der Waals surface area (Å²) in [5.74, 6) is 0.179. The number of ether oxygens (including phenoxy) is 1. The summed E-state index contributed by atoms with van der Waals surface area (Å²) in [6, 6.07) is 0. The Balaban J connectivity index is 0.00000112. The number of esters is 1. The van der Waals surface area contributed by atoms with Gasteiger partial charge < -0.3 is 10.1 Å². The van der Waals surface area contributed by atoms with Crippen molar-refractivity contribution in [1.82, 2.24) is 10.3 Å². The number of hydrogen-bond acceptors (Lipinski definition) is 5. The number of nitrogens with zero attached hydrogens (tertiary/aromatic N) is 1. The fraction of sp³-hybridized carbons (Fsp3) is 0.556. The van der Waals surface area contributed by atoms with Crippen molar-refractivity contribution in [3.63, 3.8) is 0 Å². The third kappa shape index (κ3) is 2.68. The van der Waals surface area contributed by atoms with Crippen molar-refractivity contribution >= 4 is 29.7 Å². The van der Waals surface area contributed by atoms with Crippen LogP contribution in [0.3, 0.4) is 0 Å². The van der Waals surface area contributed by atoms with Gasteiger partial charge in [-0.3, -0.25) is 0 Å². The van der Waals surface area contributed by atoms with Gasteiger partial charge in [0.25, 0.3) is 0 Å². The van der Waals surface area contributed by atoms with Crippen LogP contribution in [0, 0.1) is 0 Å². The first kappa shape index (κ1) is 12.4. The highest BCUT2D eigenvalue weighted by Gasteiger charge is 2.21. The minimum atomic E-state index is -0.292. The molecule has 1 fully saturated rings. The van der Waals surface area contributed by atoms with E-state index in [4.69, 9.17) is 0 Å². The van der Waals surface area contributed by atoms with E-state index < -0.39 is 0 Å². The van der Waals surface area contributed by atoms with Crippen molar-refractivity contribution in [3.05, 3.63) is 16.1 Å². The van der Waals surface area contributed by atoms with Gasteiger partial charge in [0.2, 0.25) is 0 Å². The summed E-state index contributed by atoms with van der Waals surface area (Å²) in [5.41, 5.74) is 0. The van der Waals surface area contributed by atoms with Crippen LogP contribution in [0.2, 0.25) is 0 Å². The Morgan fingerprint density at radius 2 is 2.53 bits per heavy atom. The summed E-state index contributed by atoms with van der Waals surface area (Å²) >= 11 is 1.44. The first-order valence-corrected chi connectivity index (χ1v) is 5.37. The molecular weight excluding hydrogens is 236 g/mol. The number of halogens is 1. The molecule has 0 amide bonds. The molecular formula is C9H13ClN2O2S. The van der Waals surface area contributed by atoms with E-state index in [1.807, 2.05) is 0 Å². The van der Waals surface area contributed by atoms with Gasteiger partial charge >= 0.3 is 5.97 Å². The van der Waals surface area contributed by atoms with Gasteiger partial charge in [0, 0.05) is 12.5 Å². The number of methoxy groups -OCH3 is 1. The van der Waals surface area contributed by atoms with Gasteiger partial charge in [0.1, 0.15) is 4.88 Å². The van der Waals surface area contributed by atoms with E-state index in [1.54, 1.807) is 6.20 Å². The van der Waals surface area contributed by atoms with Gasteiger partial charge in [0.05, 0.1) is 18.3 Å². The molecule has 0 radical (unpaired) electrons. The topological polar surface area (TPSA) is 51.2 Å². The zero-order chi connectivity index (χ0) is 9.97. The Kier molecular flexibility index (Phi) is 4.50. The molecule has 4 nitrogen and oxygen atoms in total. The molecule has 1 saturated heterocycles. The Morgan fingerprint density at radius 3 is 3.13 bits per heavy atom. The lowest BCUT2D eigenvalue weighted by Gasteiger charge is -2.01. The fourth-order valence-electron chi connectivity index (χ4n) is 1.54. The monoisotopic (exact) mass is 248 g/mol. The minimum absolute atomic E-state index is 0. The normalized spacial score (nSPS) is 19.7. The average Bonchev–Trinajstić information content (AvgIpc) is 2.86. The Hall–Kier alpha value is -0.650. The number of nitrogens with one attached hydrogen (secondary N) is 1. The number of thiazole rings is 1. The minimum Gasteiger partial charge on any atom is -0.465 e. The van der Waals surface area contributed by atoms with E-state index in [-0.39, 0.29) is 18.4 Å². The van der Waals surface area contributed by atoms with Gasteiger partial charge in [0.15, 0.2) is 0 Å². The molecule has 84 valence electrons. The predicted molar refractivity (Wildman–Crippen MR) is 60.9 cm³/mol. The molecule has 2 heterocycles. The van der Waals surface area contributed by atoms with Crippen LogP contribution in [-0.2, 0) is 4.74 Å². The highest BCUT2D eigenvalue weighted by molar-refractivity contribution is 7.13. The molecule has 6 heteroatoms. The molecule has 1 N–H and O–H groups in total. The van der Waals surface area contributed by atoms with Crippen molar-refractivity contribution in [2.45, 2.75) is 12.3 Å². The third-order valence-electron chi connectivity index (χ3n) is 2.32. The maximum Gasteiger partial charge on any atom is 0.349 e. The summed E-state index contributed by atoms with van der Waals surface area (Å²) in [5, 5.41) is 4.31. The molecule has 1 aromatic heterocycles. The quantitative estimate of drug-likeness (QED) is 0.805. The Labute approximate surface area is 98.5 Å². The van der Waals surface area contributed by atoms with Crippen LogP contribution < -0.4 is 5.32 Å². The SMILES string of the molecule is COC(=O)c1cnc(C2CCNC2)s1.Cl. The molecule has 1 aliphatic rings. The molecule has 1 atom stereocenters. The second-order valence-electron chi connectivity index (χ2n) is 3.24. The van der Waals surface area contributed by atoms with E-state index in [1.165, 1.54) is 18.4 Å². The number of rotatable bonds is 2. The van der Waals surface area contributed by atoms with Crippen LogP contribution >= 0.6 is 23.7 Å². The number of aromatic nitrogens is 1. The lowest BCUT2D eigenvalue weighted by Crippen LogP contribution is -2.07. The Morgan fingerprint density at radius 1 is 1.73 bits per heavy atom. The summed E-state index contributed by atoms with van der Waals surface area (Å²) in [7, 11) is 1.39. The zero-order valence-electron chi connectivity index (χ0n) is 8.36. The van der Waals surface area contributed by atoms with Crippen molar-refractivity contribution in [2.24, 2.45) is 0 Å². The number of carbonyl (C=O) groups excluding carboxylic acids is 1. The molecule has 0 saturated carbocycles. The van der Waals surface area contributed by atoms with Crippen molar-refractivity contribution < 1.29 is 9.53 Å². The Bertz CT molecular complexity index is 337.